The van der Waals surface area contributed by atoms with Crippen molar-refractivity contribution in [3.8, 4) is 5.75 Å². The van der Waals surface area contributed by atoms with Crippen LogP contribution in [0.3, 0.4) is 0 Å². The van der Waals surface area contributed by atoms with Crippen molar-refractivity contribution in [2.24, 2.45) is 4.99 Å². The number of nitrogens with one attached hydrogen (secondary N) is 1. The molecule has 0 aliphatic carbocycles. The van der Waals surface area contributed by atoms with Gasteiger partial charge in [-0.2, -0.15) is 0 Å². The lowest BCUT2D eigenvalue weighted by Crippen LogP contribution is -2.40. The molecule has 0 fully saturated rings. The molecule has 3 aromatic carbocycles. The molecule has 7 nitrogen and oxygen atoms in total. The molecule has 0 spiro atoms. The summed E-state index contributed by atoms with van der Waals surface area (Å²) in [6.07, 6.45) is 1.87. The van der Waals surface area contributed by atoms with Gasteiger partial charge in [0.2, 0.25) is 0 Å². The number of carbonyl (C=O) groups excluding carboxylic acids is 1. The van der Waals surface area contributed by atoms with Crippen LogP contribution < -0.4 is 29.8 Å². The van der Waals surface area contributed by atoms with E-state index in [-0.39, 0.29) is 11.5 Å². The minimum atomic E-state index is -0.640. The van der Waals surface area contributed by atoms with Crippen molar-refractivity contribution in [3.05, 3.63) is 121 Å². The first-order valence-electron chi connectivity index (χ1n) is 12.2. The van der Waals surface area contributed by atoms with Gasteiger partial charge in [-0.15, -0.1) is 0 Å². The van der Waals surface area contributed by atoms with Crippen molar-refractivity contribution in [3.63, 3.8) is 0 Å². The van der Waals surface area contributed by atoms with E-state index >= 15 is 0 Å². The number of fused-ring (bicyclic) bond motifs is 1. The summed E-state index contributed by atoms with van der Waals surface area (Å²) >= 11 is 1.32. The van der Waals surface area contributed by atoms with E-state index in [1.54, 1.807) is 11.7 Å². The highest BCUT2D eigenvalue weighted by molar-refractivity contribution is 7.07. The molecular formula is C30H28N4O3S. The monoisotopic (exact) mass is 524 g/mol. The van der Waals surface area contributed by atoms with E-state index in [0.29, 0.717) is 32.0 Å². The maximum absolute atomic E-state index is 13.8. The summed E-state index contributed by atoms with van der Waals surface area (Å²) in [5.41, 5.74) is 4.26. The van der Waals surface area contributed by atoms with Crippen molar-refractivity contribution >= 4 is 34.7 Å². The molecule has 0 unspecified atom stereocenters. The van der Waals surface area contributed by atoms with Gasteiger partial charge in [0.1, 0.15) is 5.75 Å². The van der Waals surface area contributed by atoms with E-state index in [2.05, 4.69) is 5.32 Å². The summed E-state index contributed by atoms with van der Waals surface area (Å²) in [5.74, 6) is 0.394. The van der Waals surface area contributed by atoms with Crippen LogP contribution >= 0.6 is 11.3 Å². The molecule has 2 heterocycles. The van der Waals surface area contributed by atoms with Crippen LogP contribution in [0.5, 0.6) is 5.75 Å². The molecule has 0 bridgehead atoms. The highest BCUT2D eigenvalue weighted by Crippen LogP contribution is 2.31. The Kier molecular flexibility index (Phi) is 6.98. The van der Waals surface area contributed by atoms with Crippen molar-refractivity contribution in [2.45, 2.75) is 13.0 Å². The summed E-state index contributed by atoms with van der Waals surface area (Å²) < 4.78 is 7.51. The number of nitrogens with zero attached hydrogens (tertiary/aromatic N) is 3. The Morgan fingerprint density at radius 3 is 2.34 bits per heavy atom. The quantitative estimate of drug-likeness (QED) is 0.415. The van der Waals surface area contributed by atoms with E-state index in [0.717, 1.165) is 16.8 Å². The molecule has 0 radical (unpaired) electrons. The fraction of sp³-hybridized carbons (Fsp3) is 0.167. The number of allylic oxidation sites excluding steroid dienone is 1. The minimum absolute atomic E-state index is 0.191. The number of carbonyl (C=O) groups is 1. The topological polar surface area (TPSA) is 75.9 Å². The largest absolute Gasteiger partial charge is 0.497 e. The van der Waals surface area contributed by atoms with Gasteiger partial charge in [-0.1, -0.05) is 53.8 Å². The Labute approximate surface area is 224 Å². The predicted octanol–water partition coefficient (Wildman–Crippen LogP) is 3.95. The number of aromatic nitrogens is 1. The second-order valence-electron chi connectivity index (χ2n) is 9.16. The van der Waals surface area contributed by atoms with Gasteiger partial charge < -0.3 is 15.0 Å². The van der Waals surface area contributed by atoms with Crippen LogP contribution in [0, 0.1) is 0 Å². The van der Waals surface area contributed by atoms with Gasteiger partial charge in [0.15, 0.2) is 4.80 Å². The van der Waals surface area contributed by atoms with Gasteiger partial charge in [0, 0.05) is 25.5 Å². The molecule has 5 rings (SSSR count). The van der Waals surface area contributed by atoms with Crippen molar-refractivity contribution in [1.82, 2.24) is 4.57 Å². The number of hydrogen-bond donors (Lipinski definition) is 1. The Balaban J connectivity index is 1.64. The summed E-state index contributed by atoms with van der Waals surface area (Å²) in [4.78, 5) is 34.7. The number of para-hydroxylation sites is 1. The van der Waals surface area contributed by atoms with Crippen molar-refractivity contribution in [2.75, 3.05) is 31.4 Å². The first-order valence-corrected chi connectivity index (χ1v) is 13.0. The van der Waals surface area contributed by atoms with Crippen LogP contribution in [0.25, 0.3) is 6.08 Å². The molecule has 0 saturated carbocycles. The molecule has 1 amide bonds. The molecule has 8 heteroatoms. The zero-order valence-electron chi connectivity index (χ0n) is 21.6. The SMILES string of the molecule is COc1ccc([C@H]2C(C(=O)Nc3ccccc3)=C(C)N=c3s/c(=C/c4ccc(N(C)C)cc4)c(=O)n32)cc1. The zero-order valence-corrected chi connectivity index (χ0v) is 22.5. The van der Waals surface area contributed by atoms with Crippen LogP contribution in [-0.4, -0.2) is 31.7 Å². The van der Waals surface area contributed by atoms with Crippen LogP contribution in [-0.2, 0) is 4.79 Å². The second-order valence-corrected chi connectivity index (χ2v) is 10.2. The van der Waals surface area contributed by atoms with Gasteiger partial charge in [0.05, 0.1) is 29.0 Å². The fourth-order valence-electron chi connectivity index (χ4n) is 4.45. The molecule has 38 heavy (non-hydrogen) atoms. The Morgan fingerprint density at radius 1 is 1.03 bits per heavy atom. The maximum Gasteiger partial charge on any atom is 0.271 e. The Bertz CT molecular complexity index is 1680. The number of thiazole rings is 1. The Hall–Kier alpha value is -4.43. The summed E-state index contributed by atoms with van der Waals surface area (Å²) in [6.45, 7) is 1.81. The number of amides is 1. The Morgan fingerprint density at radius 2 is 1.71 bits per heavy atom. The van der Waals surface area contributed by atoms with Gasteiger partial charge in [-0.3, -0.25) is 14.2 Å². The third kappa shape index (κ3) is 4.90. The lowest BCUT2D eigenvalue weighted by molar-refractivity contribution is -0.113. The number of ether oxygens (including phenoxy) is 1. The summed E-state index contributed by atoms with van der Waals surface area (Å²) in [6, 6.07) is 24.0. The third-order valence-electron chi connectivity index (χ3n) is 6.44. The third-order valence-corrected chi connectivity index (χ3v) is 7.42. The maximum atomic E-state index is 13.8. The molecule has 0 saturated heterocycles. The van der Waals surface area contributed by atoms with Gasteiger partial charge in [0.25, 0.3) is 11.5 Å². The molecule has 1 atom stereocenters. The van der Waals surface area contributed by atoms with E-state index in [1.165, 1.54) is 11.3 Å². The molecule has 4 aromatic rings. The number of hydrogen-bond acceptors (Lipinski definition) is 6. The smallest absolute Gasteiger partial charge is 0.271 e. The minimum Gasteiger partial charge on any atom is -0.497 e. The van der Waals surface area contributed by atoms with Crippen molar-refractivity contribution < 1.29 is 9.53 Å². The molecule has 1 aliphatic rings. The van der Waals surface area contributed by atoms with E-state index in [1.807, 2.05) is 111 Å². The van der Waals surface area contributed by atoms with Gasteiger partial charge in [-0.25, -0.2) is 4.99 Å². The zero-order chi connectivity index (χ0) is 26.8. The molecule has 1 N–H and O–H groups in total. The lowest BCUT2D eigenvalue weighted by atomic mass is 9.95. The first kappa shape index (κ1) is 25.2. The molecule has 1 aromatic heterocycles. The average molecular weight is 525 g/mol. The lowest BCUT2D eigenvalue weighted by Gasteiger charge is -2.25. The number of rotatable bonds is 6. The molecular weight excluding hydrogens is 496 g/mol. The second kappa shape index (κ2) is 10.5. The van der Waals surface area contributed by atoms with Crippen LogP contribution in [0.15, 0.2) is 99.9 Å². The molecule has 192 valence electrons. The van der Waals surface area contributed by atoms with Gasteiger partial charge >= 0.3 is 0 Å². The fourth-order valence-corrected chi connectivity index (χ4v) is 5.50. The van der Waals surface area contributed by atoms with Crippen LogP contribution in [0.4, 0.5) is 11.4 Å². The van der Waals surface area contributed by atoms with E-state index in [9.17, 15) is 9.59 Å². The van der Waals surface area contributed by atoms with Crippen LogP contribution in [0.1, 0.15) is 24.1 Å². The summed E-state index contributed by atoms with van der Waals surface area (Å²) in [5, 5.41) is 2.97. The van der Waals surface area contributed by atoms with E-state index < -0.39 is 6.04 Å². The van der Waals surface area contributed by atoms with E-state index in [4.69, 9.17) is 9.73 Å². The standard InChI is InChI=1S/C30H28N4O3S/c1-19-26(28(35)32-22-8-6-5-7-9-22)27(21-12-16-24(37-4)17-13-21)34-29(36)25(38-30(34)31-19)18-20-10-14-23(15-11-20)33(2)3/h5-18,27H,1-4H3,(H,32,35)/b25-18+/t27-/m0/s1. The average Bonchev–Trinajstić information content (AvgIpc) is 3.22. The van der Waals surface area contributed by atoms with Crippen LogP contribution in [0.2, 0.25) is 0 Å². The number of anilines is 2. The normalized spacial score (nSPS) is 15.1. The number of methoxy groups -OCH3 is 1. The molecule has 1 aliphatic heterocycles. The van der Waals surface area contributed by atoms with Crippen molar-refractivity contribution in [1.29, 1.82) is 0 Å². The van der Waals surface area contributed by atoms with Gasteiger partial charge in [-0.05, 0) is 60.5 Å². The first-order chi connectivity index (χ1) is 18.4. The predicted molar refractivity (Wildman–Crippen MR) is 153 cm³/mol. The summed E-state index contributed by atoms with van der Waals surface area (Å²) in [7, 11) is 5.58. The number of benzene rings is 3. The highest BCUT2D eigenvalue weighted by atomic mass is 32.1. The highest BCUT2D eigenvalue weighted by Gasteiger charge is 2.32.